The van der Waals surface area contributed by atoms with E-state index in [1.807, 2.05) is 11.4 Å². The normalized spacial score (nSPS) is 12.9. The molecule has 0 saturated carbocycles. The third kappa shape index (κ3) is 3.92. The Kier molecular flexibility index (Phi) is 5.52. The fraction of sp³-hybridized carbons (Fsp3) is 0.143. The van der Waals surface area contributed by atoms with E-state index in [9.17, 15) is 19.7 Å². The average Bonchev–Trinajstić information content (AvgIpc) is 3.21. The van der Waals surface area contributed by atoms with Gasteiger partial charge in [0.2, 0.25) is 0 Å². The molecule has 0 fully saturated rings. The van der Waals surface area contributed by atoms with E-state index >= 15 is 0 Å². The van der Waals surface area contributed by atoms with Gasteiger partial charge in [-0.2, -0.15) is 0 Å². The predicted octanol–water partition coefficient (Wildman–Crippen LogP) is 4.76. The van der Waals surface area contributed by atoms with Crippen molar-refractivity contribution in [3.8, 4) is 0 Å². The number of amides is 2. The molecule has 2 amide bonds. The lowest BCUT2D eigenvalue weighted by Crippen LogP contribution is -2.35. The number of anilines is 1. The number of carbonyl (C=O) groups excluding carboxylic acids is 2. The third-order valence-corrected chi connectivity index (χ3v) is 6.24. The smallest absolute Gasteiger partial charge is 0.270 e. The highest BCUT2D eigenvalue weighted by Crippen LogP contribution is 2.28. The molecule has 3 aromatic rings. The molecule has 1 aliphatic heterocycles. The molecule has 0 unspecified atom stereocenters. The van der Waals surface area contributed by atoms with Gasteiger partial charge in [-0.1, -0.05) is 23.7 Å². The summed E-state index contributed by atoms with van der Waals surface area (Å²) in [4.78, 5) is 39.2. The molecule has 0 bridgehead atoms. The Labute approximate surface area is 181 Å². The standard InChI is InChI=1S/C21H16ClN3O4S/c22-17-11-14(25(28)29)5-6-15(17)20(26)23-18-4-2-1-3-16(18)21(27)24-9-7-19-13(12-24)8-10-30-19/h1-6,8,10-11H,7,9,12H2,(H,23,26). The van der Waals surface area contributed by atoms with Gasteiger partial charge in [-0.15, -0.1) is 11.3 Å². The Morgan fingerprint density at radius 1 is 1.13 bits per heavy atom. The average molecular weight is 442 g/mol. The zero-order valence-electron chi connectivity index (χ0n) is 15.6. The maximum absolute atomic E-state index is 13.1. The Bertz CT molecular complexity index is 1160. The van der Waals surface area contributed by atoms with Crippen molar-refractivity contribution in [2.45, 2.75) is 13.0 Å². The first kappa shape index (κ1) is 20.1. The molecule has 1 aliphatic rings. The molecular weight excluding hydrogens is 426 g/mol. The first-order chi connectivity index (χ1) is 14.4. The number of nitro groups is 1. The molecule has 4 rings (SSSR count). The summed E-state index contributed by atoms with van der Waals surface area (Å²) in [6, 6.07) is 12.4. The molecule has 0 spiro atoms. The van der Waals surface area contributed by atoms with Crippen molar-refractivity contribution in [1.29, 1.82) is 0 Å². The minimum Gasteiger partial charge on any atom is -0.334 e. The fourth-order valence-corrected chi connectivity index (χ4v) is 4.51. The van der Waals surface area contributed by atoms with Crippen LogP contribution in [0.4, 0.5) is 11.4 Å². The second kappa shape index (κ2) is 8.25. The van der Waals surface area contributed by atoms with Crippen LogP contribution in [0.1, 0.15) is 31.2 Å². The van der Waals surface area contributed by atoms with Crippen molar-refractivity contribution in [3.05, 3.63) is 90.6 Å². The predicted molar refractivity (Wildman–Crippen MR) is 115 cm³/mol. The number of fused-ring (bicyclic) bond motifs is 1. The van der Waals surface area contributed by atoms with E-state index in [1.165, 1.54) is 17.0 Å². The molecule has 30 heavy (non-hydrogen) atoms. The Hall–Kier alpha value is -3.23. The lowest BCUT2D eigenvalue weighted by molar-refractivity contribution is -0.384. The molecule has 1 N–H and O–H groups in total. The Balaban J connectivity index is 1.56. The van der Waals surface area contributed by atoms with Crippen LogP contribution < -0.4 is 5.32 Å². The number of carbonyl (C=O) groups is 2. The highest BCUT2D eigenvalue weighted by molar-refractivity contribution is 7.10. The van der Waals surface area contributed by atoms with Gasteiger partial charge in [0.1, 0.15) is 0 Å². The number of nitro benzene ring substituents is 1. The van der Waals surface area contributed by atoms with Crippen LogP contribution in [0.2, 0.25) is 5.02 Å². The second-order valence-corrected chi connectivity index (χ2v) is 8.17. The highest BCUT2D eigenvalue weighted by atomic mass is 35.5. The summed E-state index contributed by atoms with van der Waals surface area (Å²) in [5, 5.41) is 15.6. The van der Waals surface area contributed by atoms with Crippen molar-refractivity contribution in [3.63, 3.8) is 0 Å². The molecule has 9 heteroatoms. The lowest BCUT2D eigenvalue weighted by Gasteiger charge is -2.27. The summed E-state index contributed by atoms with van der Waals surface area (Å²) < 4.78 is 0. The van der Waals surface area contributed by atoms with E-state index in [0.29, 0.717) is 24.3 Å². The minimum absolute atomic E-state index is 0.0356. The molecule has 0 saturated heterocycles. The monoisotopic (exact) mass is 441 g/mol. The molecule has 2 aromatic carbocycles. The van der Waals surface area contributed by atoms with E-state index in [-0.39, 0.29) is 22.2 Å². The van der Waals surface area contributed by atoms with Gasteiger partial charge in [0, 0.05) is 30.1 Å². The number of nitrogens with one attached hydrogen (secondary N) is 1. The van der Waals surface area contributed by atoms with Crippen molar-refractivity contribution >= 4 is 46.1 Å². The van der Waals surface area contributed by atoms with Crippen LogP contribution in [0.3, 0.4) is 0 Å². The van der Waals surface area contributed by atoms with Gasteiger partial charge in [0.15, 0.2) is 0 Å². The second-order valence-electron chi connectivity index (χ2n) is 6.77. The van der Waals surface area contributed by atoms with Gasteiger partial charge in [-0.3, -0.25) is 19.7 Å². The van der Waals surface area contributed by atoms with Gasteiger partial charge in [0.05, 0.1) is 26.8 Å². The van der Waals surface area contributed by atoms with Crippen LogP contribution in [0.5, 0.6) is 0 Å². The van der Waals surface area contributed by atoms with Gasteiger partial charge in [0.25, 0.3) is 17.5 Å². The van der Waals surface area contributed by atoms with E-state index in [2.05, 4.69) is 5.32 Å². The van der Waals surface area contributed by atoms with Crippen molar-refractivity contribution < 1.29 is 14.5 Å². The topological polar surface area (TPSA) is 92.6 Å². The summed E-state index contributed by atoms with van der Waals surface area (Å²) in [6.07, 6.45) is 0.811. The Morgan fingerprint density at radius 3 is 2.70 bits per heavy atom. The van der Waals surface area contributed by atoms with Crippen LogP contribution in [-0.4, -0.2) is 28.2 Å². The number of benzene rings is 2. The number of para-hydroxylation sites is 1. The molecule has 0 aliphatic carbocycles. The zero-order valence-corrected chi connectivity index (χ0v) is 17.2. The number of thiophene rings is 1. The summed E-state index contributed by atoms with van der Waals surface area (Å²) in [5.74, 6) is -0.716. The lowest BCUT2D eigenvalue weighted by atomic mass is 10.1. The van der Waals surface area contributed by atoms with Gasteiger partial charge in [-0.25, -0.2) is 0 Å². The van der Waals surface area contributed by atoms with Crippen LogP contribution in [0.25, 0.3) is 0 Å². The number of nitrogens with zero attached hydrogens (tertiary/aromatic N) is 2. The number of non-ortho nitro benzene ring substituents is 1. The van der Waals surface area contributed by atoms with Crippen LogP contribution in [-0.2, 0) is 13.0 Å². The first-order valence-corrected chi connectivity index (χ1v) is 10.4. The highest BCUT2D eigenvalue weighted by Gasteiger charge is 2.25. The Morgan fingerprint density at radius 2 is 1.93 bits per heavy atom. The quantitative estimate of drug-likeness (QED) is 0.466. The van der Waals surface area contributed by atoms with E-state index in [0.717, 1.165) is 18.1 Å². The molecule has 152 valence electrons. The van der Waals surface area contributed by atoms with Gasteiger partial charge < -0.3 is 10.2 Å². The molecule has 0 atom stereocenters. The van der Waals surface area contributed by atoms with Crippen molar-refractivity contribution in [1.82, 2.24) is 4.90 Å². The van der Waals surface area contributed by atoms with E-state index in [1.54, 1.807) is 40.5 Å². The first-order valence-electron chi connectivity index (χ1n) is 9.13. The van der Waals surface area contributed by atoms with E-state index in [4.69, 9.17) is 11.6 Å². The number of hydrogen-bond acceptors (Lipinski definition) is 5. The summed E-state index contributed by atoms with van der Waals surface area (Å²) in [5.41, 5.74) is 1.77. The molecular formula is C21H16ClN3O4S. The molecule has 2 heterocycles. The molecule has 1 aromatic heterocycles. The van der Waals surface area contributed by atoms with Gasteiger partial charge >= 0.3 is 0 Å². The van der Waals surface area contributed by atoms with Crippen LogP contribution in [0, 0.1) is 10.1 Å². The van der Waals surface area contributed by atoms with Crippen LogP contribution >= 0.6 is 22.9 Å². The fourth-order valence-electron chi connectivity index (χ4n) is 3.36. The molecule has 7 nitrogen and oxygen atoms in total. The van der Waals surface area contributed by atoms with Crippen molar-refractivity contribution in [2.24, 2.45) is 0 Å². The number of hydrogen-bond donors (Lipinski definition) is 1. The maximum Gasteiger partial charge on any atom is 0.270 e. The minimum atomic E-state index is -0.584. The SMILES string of the molecule is O=C(Nc1ccccc1C(=O)N1CCc2sccc2C1)c1ccc([N+](=O)[O-])cc1Cl. The third-order valence-electron chi connectivity index (χ3n) is 4.91. The molecule has 0 radical (unpaired) electrons. The van der Waals surface area contributed by atoms with E-state index < -0.39 is 10.8 Å². The zero-order chi connectivity index (χ0) is 21.3. The maximum atomic E-state index is 13.1. The summed E-state index contributed by atoms with van der Waals surface area (Å²) >= 11 is 7.75. The number of halogens is 1. The van der Waals surface area contributed by atoms with Crippen molar-refractivity contribution in [2.75, 3.05) is 11.9 Å². The number of rotatable bonds is 4. The van der Waals surface area contributed by atoms with Crippen LogP contribution in [0.15, 0.2) is 53.9 Å². The summed E-state index contributed by atoms with van der Waals surface area (Å²) in [7, 11) is 0. The van der Waals surface area contributed by atoms with Gasteiger partial charge in [-0.05, 0) is 41.6 Å². The largest absolute Gasteiger partial charge is 0.334 e. The summed E-state index contributed by atoms with van der Waals surface area (Å²) in [6.45, 7) is 1.15.